The zero-order valence-corrected chi connectivity index (χ0v) is 14.3. The molecule has 1 aliphatic heterocycles. The summed E-state index contributed by atoms with van der Waals surface area (Å²) >= 11 is 0. The van der Waals surface area contributed by atoms with Crippen molar-refractivity contribution in [1.29, 1.82) is 0 Å². The van der Waals surface area contributed by atoms with Crippen molar-refractivity contribution in [3.8, 4) is 0 Å². The highest BCUT2D eigenvalue weighted by atomic mass is 16.3. The van der Waals surface area contributed by atoms with E-state index in [2.05, 4.69) is 46.6 Å². The molecule has 6 heteroatoms. The number of hydrogen-bond donors (Lipinski definition) is 1. The second kappa shape index (κ2) is 5.69. The number of carbonyl (C=O) groups is 1. The number of aryl methyl sites for hydroxylation is 1. The van der Waals surface area contributed by atoms with Crippen molar-refractivity contribution < 1.29 is 9.21 Å². The Balaban J connectivity index is 1.62. The van der Waals surface area contributed by atoms with Crippen LogP contribution in [0.25, 0.3) is 0 Å². The quantitative estimate of drug-likeness (QED) is 0.767. The summed E-state index contributed by atoms with van der Waals surface area (Å²) in [6.45, 7) is 2.05. The van der Waals surface area contributed by atoms with Gasteiger partial charge in [0.15, 0.2) is 5.78 Å². The molecule has 5 rings (SSSR count). The van der Waals surface area contributed by atoms with E-state index in [1.54, 1.807) is 10.9 Å². The Labute approximate surface area is 150 Å². The molecule has 2 aromatic heterocycles. The number of allylic oxidation sites excluding steroid dienone is 2. The Bertz CT molecular complexity index is 999. The third-order valence-corrected chi connectivity index (χ3v) is 5.20. The Hall–Kier alpha value is -3.15. The van der Waals surface area contributed by atoms with Gasteiger partial charge in [-0.3, -0.25) is 4.79 Å². The number of Topliss-reactive ketones (excluding diaryl/α,β-unsaturated/α-hetero) is 1. The van der Waals surface area contributed by atoms with Gasteiger partial charge >= 0.3 is 0 Å². The van der Waals surface area contributed by atoms with E-state index in [0.29, 0.717) is 12.4 Å². The molecule has 3 heterocycles. The van der Waals surface area contributed by atoms with Crippen LogP contribution in [0.1, 0.15) is 41.7 Å². The first kappa shape index (κ1) is 15.1. The number of nitrogens with zero attached hydrogens (tertiary/aromatic N) is 3. The molecule has 1 aromatic carbocycles. The van der Waals surface area contributed by atoms with E-state index in [-0.39, 0.29) is 17.7 Å². The maximum Gasteiger partial charge on any atom is 0.226 e. The van der Waals surface area contributed by atoms with Gasteiger partial charge in [-0.15, -0.1) is 0 Å². The molecule has 0 amide bonds. The number of rotatable bonds is 2. The average molecular weight is 346 g/mol. The fourth-order valence-corrected chi connectivity index (χ4v) is 3.93. The minimum atomic E-state index is -0.241. The molecule has 1 N–H and O–H groups in total. The summed E-state index contributed by atoms with van der Waals surface area (Å²) in [7, 11) is 0. The molecule has 0 radical (unpaired) electrons. The molecule has 3 aromatic rings. The van der Waals surface area contributed by atoms with Crippen molar-refractivity contribution in [2.24, 2.45) is 0 Å². The van der Waals surface area contributed by atoms with Crippen molar-refractivity contribution in [3.05, 3.63) is 77.1 Å². The van der Waals surface area contributed by atoms with Crippen LogP contribution >= 0.6 is 0 Å². The molecular formula is C20H18N4O2. The van der Waals surface area contributed by atoms with Gasteiger partial charge in [-0.2, -0.15) is 10.1 Å². The topological polar surface area (TPSA) is 73.0 Å². The summed E-state index contributed by atoms with van der Waals surface area (Å²) in [4.78, 5) is 17.4. The molecule has 0 saturated heterocycles. The summed E-state index contributed by atoms with van der Waals surface area (Å²) in [6.07, 6.45) is 4.35. The van der Waals surface area contributed by atoms with Crippen LogP contribution in [0.5, 0.6) is 0 Å². The van der Waals surface area contributed by atoms with Gasteiger partial charge in [-0.25, -0.2) is 4.68 Å². The van der Waals surface area contributed by atoms with Gasteiger partial charge in [0.2, 0.25) is 5.95 Å². The predicted octanol–water partition coefficient (Wildman–Crippen LogP) is 3.60. The van der Waals surface area contributed by atoms with Crippen molar-refractivity contribution in [2.45, 2.75) is 31.7 Å². The van der Waals surface area contributed by atoms with Crippen molar-refractivity contribution >= 4 is 11.7 Å². The van der Waals surface area contributed by atoms with E-state index in [1.807, 2.05) is 12.1 Å². The van der Waals surface area contributed by atoms with Crippen LogP contribution in [-0.2, 0) is 4.79 Å². The van der Waals surface area contributed by atoms with E-state index < -0.39 is 0 Å². The highest BCUT2D eigenvalue weighted by molar-refractivity contribution is 6.00. The third kappa shape index (κ3) is 2.29. The molecule has 130 valence electrons. The number of hydrogen-bond acceptors (Lipinski definition) is 5. The monoisotopic (exact) mass is 346 g/mol. The van der Waals surface area contributed by atoms with Crippen LogP contribution in [-0.4, -0.2) is 20.5 Å². The molecular weight excluding hydrogens is 328 g/mol. The summed E-state index contributed by atoms with van der Waals surface area (Å²) in [5, 5.41) is 7.69. The molecule has 26 heavy (non-hydrogen) atoms. The van der Waals surface area contributed by atoms with Gasteiger partial charge in [0.1, 0.15) is 18.1 Å². The number of aromatic nitrogens is 3. The van der Waals surface area contributed by atoms with Gasteiger partial charge < -0.3 is 9.73 Å². The standard InChI is InChI=1S/C20H18N4O2/c1-12-4-6-13(7-5-12)19-18-15(23-20-21-11-22-24(19)20)9-14(10-16(18)25)17-3-2-8-26-17/h2-8,11,14,19H,9-10H2,1H3,(H,21,22,23)/t14-,19-/m0/s1. The van der Waals surface area contributed by atoms with Crippen LogP contribution in [0, 0.1) is 6.92 Å². The van der Waals surface area contributed by atoms with Gasteiger partial charge in [0, 0.05) is 23.6 Å². The molecule has 1 aliphatic carbocycles. The van der Waals surface area contributed by atoms with Gasteiger partial charge in [-0.1, -0.05) is 29.8 Å². The Morgan fingerprint density at radius 1 is 1.19 bits per heavy atom. The van der Waals surface area contributed by atoms with Gasteiger partial charge in [0.05, 0.1) is 6.26 Å². The SMILES string of the molecule is Cc1ccc([C@H]2C3=C(C[C@H](c4ccco4)CC3=O)Nc3ncnn32)cc1. The molecule has 2 aliphatic rings. The fourth-order valence-electron chi connectivity index (χ4n) is 3.93. The van der Waals surface area contributed by atoms with Crippen LogP contribution in [0.15, 0.2) is 64.7 Å². The van der Waals surface area contributed by atoms with E-state index in [1.165, 1.54) is 11.9 Å². The lowest BCUT2D eigenvalue weighted by molar-refractivity contribution is -0.117. The second-order valence-electron chi connectivity index (χ2n) is 6.90. The molecule has 0 fully saturated rings. The van der Waals surface area contributed by atoms with Gasteiger partial charge in [0.25, 0.3) is 0 Å². The number of anilines is 1. The fraction of sp³-hybridized carbons (Fsp3) is 0.250. The highest BCUT2D eigenvalue weighted by Crippen LogP contribution is 2.43. The zero-order chi connectivity index (χ0) is 17.7. The first-order chi connectivity index (χ1) is 12.7. The van der Waals surface area contributed by atoms with E-state index in [9.17, 15) is 4.79 Å². The van der Waals surface area contributed by atoms with Crippen LogP contribution in [0.2, 0.25) is 0 Å². The largest absolute Gasteiger partial charge is 0.469 e. The molecule has 6 nitrogen and oxygen atoms in total. The number of fused-ring (bicyclic) bond motifs is 1. The summed E-state index contributed by atoms with van der Waals surface area (Å²) < 4.78 is 7.34. The minimum Gasteiger partial charge on any atom is -0.469 e. The first-order valence-corrected chi connectivity index (χ1v) is 8.73. The van der Waals surface area contributed by atoms with E-state index >= 15 is 0 Å². The lowest BCUT2D eigenvalue weighted by Crippen LogP contribution is -2.33. The summed E-state index contributed by atoms with van der Waals surface area (Å²) in [5.41, 5.74) is 3.94. The summed E-state index contributed by atoms with van der Waals surface area (Å²) in [6, 6.07) is 11.8. The van der Waals surface area contributed by atoms with Crippen LogP contribution in [0.3, 0.4) is 0 Å². The highest BCUT2D eigenvalue weighted by Gasteiger charge is 2.39. The third-order valence-electron chi connectivity index (χ3n) is 5.20. The normalized spacial score (nSPS) is 22.0. The van der Waals surface area contributed by atoms with E-state index in [0.717, 1.165) is 29.0 Å². The van der Waals surface area contributed by atoms with Crippen LogP contribution < -0.4 is 5.32 Å². The van der Waals surface area contributed by atoms with Crippen molar-refractivity contribution in [1.82, 2.24) is 14.8 Å². The Morgan fingerprint density at radius 2 is 2.04 bits per heavy atom. The summed E-state index contributed by atoms with van der Waals surface area (Å²) in [5.74, 6) is 1.71. The average Bonchev–Trinajstić information content (AvgIpc) is 3.32. The maximum atomic E-state index is 13.1. The second-order valence-corrected chi connectivity index (χ2v) is 6.90. The first-order valence-electron chi connectivity index (χ1n) is 8.73. The molecule has 2 atom stereocenters. The number of furan rings is 1. The van der Waals surface area contributed by atoms with Crippen molar-refractivity contribution in [2.75, 3.05) is 5.32 Å². The van der Waals surface area contributed by atoms with Crippen molar-refractivity contribution in [3.63, 3.8) is 0 Å². The number of nitrogens with one attached hydrogen (secondary N) is 1. The molecule has 0 spiro atoms. The maximum absolute atomic E-state index is 13.1. The molecule has 0 bridgehead atoms. The minimum absolute atomic E-state index is 0.0527. The molecule has 0 saturated carbocycles. The predicted molar refractivity (Wildman–Crippen MR) is 95.7 cm³/mol. The zero-order valence-electron chi connectivity index (χ0n) is 14.3. The number of ketones is 1. The number of carbonyl (C=O) groups excluding carboxylic acids is 1. The Morgan fingerprint density at radius 3 is 2.81 bits per heavy atom. The smallest absolute Gasteiger partial charge is 0.226 e. The van der Waals surface area contributed by atoms with Gasteiger partial charge in [-0.05, 0) is 31.0 Å². The lowest BCUT2D eigenvalue weighted by Gasteiger charge is -2.34. The number of benzene rings is 1. The lowest BCUT2D eigenvalue weighted by atomic mass is 9.79. The van der Waals surface area contributed by atoms with Crippen LogP contribution in [0.4, 0.5) is 5.95 Å². The van der Waals surface area contributed by atoms with E-state index in [4.69, 9.17) is 4.42 Å². The molecule has 0 unspecified atom stereocenters. The Kier molecular flexibility index (Phi) is 3.31.